The molecular formula is C11H22N2O3S2. The van der Waals surface area contributed by atoms with Gasteiger partial charge in [-0.25, -0.2) is 13.1 Å². The maximum Gasteiger partial charge on any atom is 0.218 e. The number of nitrogens with one attached hydrogen (secondary N) is 1. The Morgan fingerprint density at radius 1 is 1.50 bits per heavy atom. The number of nitrogens with two attached hydrogens (primary N) is 1. The van der Waals surface area contributed by atoms with Gasteiger partial charge in [0.05, 0.1) is 10.6 Å². The average Bonchev–Trinajstić information content (AvgIpc) is 2.26. The van der Waals surface area contributed by atoms with Crippen molar-refractivity contribution in [1.29, 1.82) is 0 Å². The van der Waals surface area contributed by atoms with Gasteiger partial charge in [-0.15, -0.1) is 0 Å². The third-order valence-electron chi connectivity index (χ3n) is 3.46. The third-order valence-corrected chi connectivity index (χ3v) is 5.17. The fourth-order valence-corrected chi connectivity index (χ4v) is 3.99. The fraction of sp³-hybridized carbons (Fsp3) is 0.909. The van der Waals surface area contributed by atoms with Gasteiger partial charge in [-0.3, -0.25) is 0 Å². The molecule has 1 aliphatic rings. The highest BCUT2D eigenvalue weighted by atomic mass is 32.2. The van der Waals surface area contributed by atoms with Gasteiger partial charge in [-0.1, -0.05) is 26.1 Å². The Morgan fingerprint density at radius 2 is 2.11 bits per heavy atom. The van der Waals surface area contributed by atoms with E-state index in [9.17, 15) is 8.42 Å². The first kappa shape index (κ1) is 15.8. The second-order valence-electron chi connectivity index (χ2n) is 4.77. The number of ether oxygens (including phenoxy) is 1. The Bertz CT molecular complexity index is 391. The van der Waals surface area contributed by atoms with Crippen LogP contribution in [0.5, 0.6) is 0 Å². The molecule has 1 atom stereocenters. The molecule has 0 bridgehead atoms. The molecule has 1 aliphatic heterocycles. The molecule has 0 aromatic carbocycles. The number of sulfonamides is 1. The summed E-state index contributed by atoms with van der Waals surface area (Å²) in [6, 6.07) is -0.0852. The minimum Gasteiger partial charge on any atom is -0.392 e. The summed E-state index contributed by atoms with van der Waals surface area (Å²) in [5, 5.41) is 0. The SMILES string of the molecule is CCC1(CC)CC(NS(=O)(=O)CC(N)=S)CCO1. The fourth-order valence-electron chi connectivity index (χ4n) is 2.35. The van der Waals surface area contributed by atoms with Crippen molar-refractivity contribution in [3.05, 3.63) is 0 Å². The van der Waals surface area contributed by atoms with Gasteiger partial charge in [-0.05, 0) is 25.7 Å². The van der Waals surface area contributed by atoms with E-state index >= 15 is 0 Å². The van der Waals surface area contributed by atoms with Gasteiger partial charge in [-0.2, -0.15) is 0 Å². The maximum atomic E-state index is 11.8. The van der Waals surface area contributed by atoms with Crippen LogP contribution in [0, 0.1) is 0 Å². The van der Waals surface area contributed by atoms with E-state index < -0.39 is 10.0 Å². The Balaban J connectivity index is 2.65. The van der Waals surface area contributed by atoms with Gasteiger partial charge in [0.1, 0.15) is 5.75 Å². The molecule has 0 amide bonds. The van der Waals surface area contributed by atoms with Gasteiger partial charge in [0, 0.05) is 12.6 Å². The highest BCUT2D eigenvalue weighted by Gasteiger charge is 2.35. The lowest BCUT2D eigenvalue weighted by Crippen LogP contribution is -2.49. The highest BCUT2D eigenvalue weighted by molar-refractivity contribution is 7.92. The number of hydrogen-bond acceptors (Lipinski definition) is 4. The van der Waals surface area contributed by atoms with E-state index in [-0.39, 0.29) is 22.4 Å². The molecule has 0 aromatic heterocycles. The van der Waals surface area contributed by atoms with Crippen molar-refractivity contribution < 1.29 is 13.2 Å². The van der Waals surface area contributed by atoms with Crippen LogP contribution in [-0.4, -0.2) is 37.4 Å². The minimum atomic E-state index is -3.42. The van der Waals surface area contributed by atoms with Crippen molar-refractivity contribution in [1.82, 2.24) is 4.72 Å². The predicted octanol–water partition coefficient (Wildman–Crippen LogP) is 0.930. The van der Waals surface area contributed by atoms with Crippen molar-refractivity contribution in [3.63, 3.8) is 0 Å². The molecule has 1 unspecified atom stereocenters. The molecule has 1 heterocycles. The Kier molecular flexibility index (Phi) is 5.51. The number of thiocarbonyl (C=S) groups is 1. The van der Waals surface area contributed by atoms with Crippen molar-refractivity contribution >= 4 is 27.2 Å². The lowest BCUT2D eigenvalue weighted by atomic mass is 9.86. The average molecular weight is 294 g/mol. The summed E-state index contributed by atoms with van der Waals surface area (Å²) < 4.78 is 32.0. The first-order chi connectivity index (χ1) is 8.32. The molecule has 5 nitrogen and oxygen atoms in total. The molecule has 7 heteroatoms. The van der Waals surface area contributed by atoms with E-state index in [0.29, 0.717) is 19.4 Å². The van der Waals surface area contributed by atoms with E-state index in [2.05, 4.69) is 30.8 Å². The normalized spacial score (nSPS) is 23.8. The second-order valence-corrected chi connectivity index (χ2v) is 7.05. The van der Waals surface area contributed by atoms with Crippen LogP contribution in [0.1, 0.15) is 39.5 Å². The first-order valence-electron chi connectivity index (χ1n) is 6.25. The zero-order chi connectivity index (χ0) is 13.8. The molecule has 106 valence electrons. The maximum absolute atomic E-state index is 11.8. The third kappa shape index (κ3) is 4.46. The molecule has 0 saturated carbocycles. The van der Waals surface area contributed by atoms with Gasteiger partial charge in [0.15, 0.2) is 0 Å². The summed E-state index contributed by atoms with van der Waals surface area (Å²) >= 11 is 4.64. The lowest BCUT2D eigenvalue weighted by molar-refractivity contribution is -0.0905. The summed E-state index contributed by atoms with van der Waals surface area (Å²) in [5.41, 5.74) is 5.08. The number of rotatable bonds is 6. The highest BCUT2D eigenvalue weighted by Crippen LogP contribution is 2.31. The van der Waals surface area contributed by atoms with Crippen LogP contribution < -0.4 is 10.5 Å². The zero-order valence-electron chi connectivity index (χ0n) is 10.9. The smallest absolute Gasteiger partial charge is 0.218 e. The first-order valence-corrected chi connectivity index (χ1v) is 8.31. The summed E-state index contributed by atoms with van der Waals surface area (Å²) in [5.74, 6) is -0.287. The van der Waals surface area contributed by atoms with Crippen LogP contribution in [0.2, 0.25) is 0 Å². The standard InChI is InChI=1S/C11H22N2O3S2/c1-3-11(4-2)7-9(5-6-16-11)13-18(14,15)8-10(12)17/h9,13H,3-8H2,1-2H3,(H2,12,17). The van der Waals surface area contributed by atoms with E-state index in [1.165, 1.54) is 0 Å². The van der Waals surface area contributed by atoms with Crippen molar-refractivity contribution in [2.24, 2.45) is 5.73 Å². The van der Waals surface area contributed by atoms with Crippen molar-refractivity contribution in [2.45, 2.75) is 51.2 Å². The Labute approximate surface area is 115 Å². The van der Waals surface area contributed by atoms with Crippen LogP contribution >= 0.6 is 12.2 Å². The van der Waals surface area contributed by atoms with Gasteiger partial charge >= 0.3 is 0 Å². The lowest BCUT2D eigenvalue weighted by Gasteiger charge is -2.40. The Hall–Kier alpha value is -0.240. The Morgan fingerprint density at radius 3 is 2.61 bits per heavy atom. The quantitative estimate of drug-likeness (QED) is 0.712. The molecule has 0 radical (unpaired) electrons. The van der Waals surface area contributed by atoms with Crippen LogP contribution in [0.3, 0.4) is 0 Å². The summed E-state index contributed by atoms with van der Waals surface area (Å²) in [6.45, 7) is 4.71. The van der Waals surface area contributed by atoms with Gasteiger partial charge in [0.2, 0.25) is 10.0 Å². The molecule has 0 aromatic rings. The molecule has 3 N–H and O–H groups in total. The van der Waals surface area contributed by atoms with Gasteiger partial charge in [0.25, 0.3) is 0 Å². The predicted molar refractivity (Wildman–Crippen MR) is 76.0 cm³/mol. The molecule has 1 fully saturated rings. The van der Waals surface area contributed by atoms with E-state index in [1.807, 2.05) is 0 Å². The second kappa shape index (κ2) is 6.27. The van der Waals surface area contributed by atoms with Crippen LogP contribution in [0.25, 0.3) is 0 Å². The van der Waals surface area contributed by atoms with E-state index in [4.69, 9.17) is 10.5 Å². The molecule has 1 rings (SSSR count). The van der Waals surface area contributed by atoms with E-state index in [1.54, 1.807) is 0 Å². The minimum absolute atomic E-state index is 0.00759. The van der Waals surface area contributed by atoms with Crippen molar-refractivity contribution in [2.75, 3.05) is 12.4 Å². The molecular weight excluding hydrogens is 272 g/mol. The summed E-state index contributed by atoms with van der Waals surface area (Å²) in [4.78, 5) is -0.00759. The zero-order valence-corrected chi connectivity index (χ0v) is 12.6. The summed E-state index contributed by atoms with van der Waals surface area (Å²) in [6.07, 6.45) is 3.17. The van der Waals surface area contributed by atoms with Crippen LogP contribution in [0.15, 0.2) is 0 Å². The monoisotopic (exact) mass is 294 g/mol. The molecule has 1 saturated heterocycles. The largest absolute Gasteiger partial charge is 0.392 e. The topological polar surface area (TPSA) is 81.4 Å². The van der Waals surface area contributed by atoms with Crippen LogP contribution in [0.4, 0.5) is 0 Å². The van der Waals surface area contributed by atoms with Crippen LogP contribution in [-0.2, 0) is 14.8 Å². The van der Waals surface area contributed by atoms with Gasteiger partial charge < -0.3 is 10.5 Å². The van der Waals surface area contributed by atoms with Crippen molar-refractivity contribution in [3.8, 4) is 0 Å². The summed E-state index contributed by atoms with van der Waals surface area (Å²) in [7, 11) is -3.42. The molecule has 18 heavy (non-hydrogen) atoms. The number of hydrogen-bond donors (Lipinski definition) is 2. The van der Waals surface area contributed by atoms with E-state index in [0.717, 1.165) is 12.8 Å². The molecule has 0 aliphatic carbocycles. The molecule has 0 spiro atoms.